The number of rotatable bonds is 2. The van der Waals surface area contributed by atoms with Gasteiger partial charge in [-0.2, -0.15) is 5.26 Å². The molecule has 0 saturated heterocycles. The molecule has 0 aliphatic heterocycles. The van der Waals surface area contributed by atoms with Gasteiger partial charge in [0.25, 0.3) is 5.56 Å². The predicted octanol–water partition coefficient (Wildman–Crippen LogP) is 2.87. The van der Waals surface area contributed by atoms with Crippen LogP contribution < -0.4 is 5.56 Å². The van der Waals surface area contributed by atoms with Gasteiger partial charge in [0.15, 0.2) is 0 Å². The summed E-state index contributed by atoms with van der Waals surface area (Å²) in [5.74, 6) is -1.13. The first-order valence-corrected chi connectivity index (χ1v) is 6.93. The van der Waals surface area contributed by atoms with Gasteiger partial charge in [-0.3, -0.25) is 9.36 Å². The highest BCUT2D eigenvalue weighted by Crippen LogP contribution is 2.24. The van der Waals surface area contributed by atoms with Crippen LogP contribution >= 0.6 is 0 Å². The van der Waals surface area contributed by atoms with Crippen molar-refractivity contribution < 1.29 is 9.90 Å². The SMILES string of the molecule is Cc1c(C(=O)O)c2cccc(C#N)c2c(=O)n1-c1ccccc1. The quantitative estimate of drug-likeness (QED) is 0.789. The standard InChI is InChI=1S/C18H12N2O3/c1-11-15(18(22)23)14-9-5-6-12(10-19)16(14)17(21)20(11)13-7-3-2-4-8-13/h2-9H,1H3,(H,22,23). The van der Waals surface area contributed by atoms with E-state index in [-0.39, 0.29) is 21.9 Å². The maximum absolute atomic E-state index is 12.9. The highest BCUT2D eigenvalue weighted by molar-refractivity contribution is 6.05. The molecule has 0 amide bonds. The molecule has 3 rings (SSSR count). The molecule has 0 atom stereocenters. The first kappa shape index (κ1) is 14.5. The summed E-state index contributed by atoms with van der Waals surface area (Å²) in [6, 6.07) is 15.4. The predicted molar refractivity (Wildman–Crippen MR) is 86.0 cm³/mol. The molecule has 0 saturated carbocycles. The molecule has 0 aliphatic rings. The van der Waals surface area contributed by atoms with Crippen LogP contribution in [0.4, 0.5) is 0 Å². The third-order valence-electron chi connectivity index (χ3n) is 3.80. The van der Waals surface area contributed by atoms with Crippen LogP contribution in [0.2, 0.25) is 0 Å². The molecule has 3 aromatic rings. The second-order valence-electron chi connectivity index (χ2n) is 5.08. The van der Waals surface area contributed by atoms with Crippen molar-refractivity contribution in [1.82, 2.24) is 4.57 Å². The molecule has 0 fully saturated rings. The number of fused-ring (bicyclic) bond motifs is 1. The molecule has 0 unspecified atom stereocenters. The maximum atomic E-state index is 12.9. The highest BCUT2D eigenvalue weighted by Gasteiger charge is 2.21. The lowest BCUT2D eigenvalue weighted by Gasteiger charge is -2.15. The summed E-state index contributed by atoms with van der Waals surface area (Å²) in [6.07, 6.45) is 0. The summed E-state index contributed by atoms with van der Waals surface area (Å²) in [4.78, 5) is 24.7. The Morgan fingerprint density at radius 2 is 1.83 bits per heavy atom. The van der Waals surface area contributed by atoms with E-state index in [1.807, 2.05) is 12.1 Å². The number of para-hydroxylation sites is 1. The Morgan fingerprint density at radius 3 is 2.43 bits per heavy atom. The first-order chi connectivity index (χ1) is 11.1. The molecule has 2 aromatic carbocycles. The molecule has 1 heterocycles. The smallest absolute Gasteiger partial charge is 0.338 e. The Bertz CT molecular complexity index is 1030. The van der Waals surface area contributed by atoms with E-state index in [0.29, 0.717) is 11.4 Å². The van der Waals surface area contributed by atoms with Gasteiger partial charge in [0.05, 0.1) is 22.6 Å². The minimum absolute atomic E-state index is 0.0283. The van der Waals surface area contributed by atoms with Crippen LogP contribution in [0, 0.1) is 18.3 Å². The Balaban J connectivity index is 2.60. The summed E-state index contributed by atoms with van der Waals surface area (Å²) in [6.45, 7) is 1.59. The first-order valence-electron chi connectivity index (χ1n) is 6.93. The number of hydrogen-bond acceptors (Lipinski definition) is 3. The molecular formula is C18H12N2O3. The van der Waals surface area contributed by atoms with Gasteiger partial charge in [0.2, 0.25) is 0 Å². The van der Waals surface area contributed by atoms with Crippen molar-refractivity contribution in [2.24, 2.45) is 0 Å². The van der Waals surface area contributed by atoms with Crippen molar-refractivity contribution >= 4 is 16.7 Å². The van der Waals surface area contributed by atoms with Gasteiger partial charge in [-0.15, -0.1) is 0 Å². The Kier molecular flexibility index (Phi) is 3.43. The Hall–Kier alpha value is -3.39. The molecule has 5 nitrogen and oxygen atoms in total. The second-order valence-corrected chi connectivity index (χ2v) is 5.08. The number of hydrogen-bond donors (Lipinski definition) is 1. The van der Waals surface area contributed by atoms with Crippen molar-refractivity contribution in [1.29, 1.82) is 5.26 Å². The zero-order chi connectivity index (χ0) is 16.6. The van der Waals surface area contributed by atoms with E-state index in [1.54, 1.807) is 43.3 Å². The average molecular weight is 304 g/mol. The number of nitrogens with zero attached hydrogens (tertiary/aromatic N) is 2. The van der Waals surface area contributed by atoms with E-state index < -0.39 is 11.5 Å². The fourth-order valence-corrected chi connectivity index (χ4v) is 2.81. The lowest BCUT2D eigenvalue weighted by molar-refractivity contribution is 0.0697. The zero-order valence-corrected chi connectivity index (χ0v) is 12.3. The molecule has 0 aliphatic carbocycles. The normalized spacial score (nSPS) is 10.4. The Morgan fingerprint density at radius 1 is 1.13 bits per heavy atom. The second kappa shape index (κ2) is 5.43. The molecule has 5 heteroatoms. The van der Waals surface area contributed by atoms with Crippen LogP contribution in [-0.4, -0.2) is 15.6 Å². The van der Waals surface area contributed by atoms with Gasteiger partial charge in [-0.25, -0.2) is 4.79 Å². The van der Waals surface area contributed by atoms with Crippen molar-refractivity contribution in [3.63, 3.8) is 0 Å². The minimum Gasteiger partial charge on any atom is -0.478 e. The number of aromatic nitrogens is 1. The topological polar surface area (TPSA) is 83.1 Å². The van der Waals surface area contributed by atoms with E-state index in [2.05, 4.69) is 0 Å². The molecule has 1 aromatic heterocycles. The number of pyridine rings is 1. The van der Waals surface area contributed by atoms with E-state index in [1.165, 1.54) is 10.6 Å². The van der Waals surface area contributed by atoms with E-state index in [0.717, 1.165) is 0 Å². The van der Waals surface area contributed by atoms with Gasteiger partial charge in [-0.1, -0.05) is 30.3 Å². The summed E-state index contributed by atoms with van der Waals surface area (Å²) < 4.78 is 1.34. The van der Waals surface area contributed by atoms with Crippen LogP contribution in [0.15, 0.2) is 53.3 Å². The molecule has 1 N–H and O–H groups in total. The number of carboxylic acids is 1. The van der Waals surface area contributed by atoms with Crippen LogP contribution in [0.3, 0.4) is 0 Å². The van der Waals surface area contributed by atoms with Crippen molar-refractivity contribution in [3.8, 4) is 11.8 Å². The highest BCUT2D eigenvalue weighted by atomic mass is 16.4. The lowest BCUT2D eigenvalue weighted by atomic mass is 10.00. The fourth-order valence-electron chi connectivity index (χ4n) is 2.81. The van der Waals surface area contributed by atoms with Crippen LogP contribution in [0.5, 0.6) is 0 Å². The number of carbonyl (C=O) groups is 1. The molecule has 0 radical (unpaired) electrons. The molecule has 112 valence electrons. The number of aromatic carboxylic acids is 1. The number of benzene rings is 2. The summed E-state index contributed by atoms with van der Waals surface area (Å²) >= 11 is 0. The average Bonchev–Trinajstić information content (AvgIpc) is 2.55. The molecule has 0 spiro atoms. The van der Waals surface area contributed by atoms with Crippen molar-refractivity contribution in [2.75, 3.05) is 0 Å². The van der Waals surface area contributed by atoms with Gasteiger partial charge < -0.3 is 5.11 Å². The maximum Gasteiger partial charge on any atom is 0.338 e. The third-order valence-corrected chi connectivity index (χ3v) is 3.80. The number of carboxylic acid groups (broad SMARTS) is 1. The van der Waals surface area contributed by atoms with E-state index in [9.17, 15) is 20.0 Å². The zero-order valence-electron chi connectivity index (χ0n) is 12.3. The monoisotopic (exact) mass is 304 g/mol. The molecule has 0 bridgehead atoms. The van der Waals surface area contributed by atoms with Gasteiger partial charge in [-0.05, 0) is 25.1 Å². The molecular weight excluding hydrogens is 292 g/mol. The summed E-state index contributed by atoms with van der Waals surface area (Å²) in [5, 5.41) is 19.3. The molecule has 23 heavy (non-hydrogen) atoms. The van der Waals surface area contributed by atoms with E-state index in [4.69, 9.17) is 0 Å². The van der Waals surface area contributed by atoms with Gasteiger partial charge in [0, 0.05) is 16.8 Å². The summed E-state index contributed by atoms with van der Waals surface area (Å²) in [7, 11) is 0. The van der Waals surface area contributed by atoms with Crippen LogP contribution in [-0.2, 0) is 0 Å². The lowest BCUT2D eigenvalue weighted by Crippen LogP contribution is -2.24. The van der Waals surface area contributed by atoms with Crippen molar-refractivity contribution in [2.45, 2.75) is 6.92 Å². The largest absolute Gasteiger partial charge is 0.478 e. The summed E-state index contributed by atoms with van der Waals surface area (Å²) in [5.41, 5.74) is 0.689. The minimum atomic E-state index is -1.13. The van der Waals surface area contributed by atoms with Gasteiger partial charge >= 0.3 is 5.97 Å². The van der Waals surface area contributed by atoms with E-state index >= 15 is 0 Å². The third kappa shape index (κ3) is 2.17. The van der Waals surface area contributed by atoms with Crippen LogP contribution in [0.1, 0.15) is 21.6 Å². The Labute approximate surface area is 131 Å². The number of nitriles is 1. The van der Waals surface area contributed by atoms with Crippen molar-refractivity contribution in [3.05, 3.63) is 75.7 Å². The van der Waals surface area contributed by atoms with Crippen LogP contribution in [0.25, 0.3) is 16.5 Å². The van der Waals surface area contributed by atoms with Gasteiger partial charge in [0.1, 0.15) is 0 Å². The fraction of sp³-hybridized carbons (Fsp3) is 0.0556.